The Kier molecular flexibility index (Phi) is 2.83. The van der Waals surface area contributed by atoms with Gasteiger partial charge in [-0.2, -0.15) is 0 Å². The highest BCUT2D eigenvalue weighted by Crippen LogP contribution is 2.31. The molecule has 0 saturated carbocycles. The zero-order chi connectivity index (χ0) is 14.1. The Labute approximate surface area is 114 Å². The predicted molar refractivity (Wildman–Crippen MR) is 76.6 cm³/mol. The van der Waals surface area contributed by atoms with Crippen molar-refractivity contribution >= 4 is 22.1 Å². The molecular formula is C14H12N4O2. The van der Waals surface area contributed by atoms with Gasteiger partial charge in [0.15, 0.2) is 0 Å². The van der Waals surface area contributed by atoms with Gasteiger partial charge >= 0.3 is 0 Å². The molecule has 3 rings (SSSR count). The molecule has 0 amide bonds. The fourth-order valence-corrected chi connectivity index (χ4v) is 2.13. The number of fused-ring (bicyclic) bond motifs is 1. The number of aromatic nitrogens is 2. The van der Waals surface area contributed by atoms with Crippen LogP contribution in [-0.2, 0) is 0 Å². The van der Waals surface area contributed by atoms with Gasteiger partial charge in [-0.05, 0) is 31.2 Å². The van der Waals surface area contributed by atoms with Gasteiger partial charge < -0.3 is 0 Å². The molecular weight excluding hydrogens is 256 g/mol. The summed E-state index contributed by atoms with van der Waals surface area (Å²) < 4.78 is 1.79. The summed E-state index contributed by atoms with van der Waals surface area (Å²) in [6.07, 6.45) is 5.27. The fraction of sp³-hybridized carbons (Fsp3) is 0.0714. The van der Waals surface area contributed by atoms with Crippen LogP contribution in [0.2, 0.25) is 0 Å². The second-order valence-corrected chi connectivity index (χ2v) is 4.46. The smallest absolute Gasteiger partial charge is 0.278 e. The lowest BCUT2D eigenvalue weighted by molar-refractivity contribution is -0.383. The van der Waals surface area contributed by atoms with Gasteiger partial charge in [0.05, 0.1) is 16.0 Å². The molecule has 0 bridgehead atoms. The van der Waals surface area contributed by atoms with Crippen molar-refractivity contribution in [1.29, 1.82) is 0 Å². The maximum atomic E-state index is 11.1. The molecule has 20 heavy (non-hydrogen) atoms. The standard InChI is InChI=1S/C14H12N4O2/c1-10-8-11-12(9-15-10)14(18(19)20)5-4-13(11)16-17-6-2-3-7-17/h2-9,16H,1H3. The van der Waals surface area contributed by atoms with Crippen LogP contribution in [0.5, 0.6) is 0 Å². The summed E-state index contributed by atoms with van der Waals surface area (Å²) in [7, 11) is 0. The number of benzene rings is 1. The zero-order valence-electron chi connectivity index (χ0n) is 10.8. The molecule has 0 unspecified atom stereocenters. The molecule has 0 aliphatic heterocycles. The number of anilines is 1. The van der Waals surface area contributed by atoms with Gasteiger partial charge in [-0.15, -0.1) is 0 Å². The van der Waals surface area contributed by atoms with Gasteiger partial charge in [0.2, 0.25) is 0 Å². The molecule has 0 saturated heterocycles. The maximum absolute atomic E-state index is 11.1. The Morgan fingerprint density at radius 1 is 1.25 bits per heavy atom. The highest BCUT2D eigenvalue weighted by atomic mass is 16.6. The first-order valence-electron chi connectivity index (χ1n) is 6.09. The maximum Gasteiger partial charge on any atom is 0.278 e. The number of nitrogens with one attached hydrogen (secondary N) is 1. The summed E-state index contributed by atoms with van der Waals surface area (Å²) in [5.74, 6) is 0. The lowest BCUT2D eigenvalue weighted by atomic mass is 10.1. The molecule has 2 aromatic heterocycles. The number of rotatable bonds is 3. The largest absolute Gasteiger partial charge is 0.294 e. The number of pyridine rings is 1. The molecule has 3 aromatic rings. The second-order valence-electron chi connectivity index (χ2n) is 4.46. The predicted octanol–water partition coefficient (Wildman–Crippen LogP) is 3.13. The summed E-state index contributed by atoms with van der Waals surface area (Å²) in [6, 6.07) is 8.83. The van der Waals surface area contributed by atoms with Crippen LogP contribution in [0.1, 0.15) is 5.69 Å². The van der Waals surface area contributed by atoms with E-state index in [4.69, 9.17) is 0 Å². The van der Waals surface area contributed by atoms with Crippen molar-refractivity contribution < 1.29 is 4.92 Å². The van der Waals surface area contributed by atoms with E-state index in [1.165, 1.54) is 6.07 Å². The van der Waals surface area contributed by atoms with Crippen molar-refractivity contribution in [3.05, 3.63) is 64.7 Å². The molecule has 100 valence electrons. The average molecular weight is 268 g/mol. The molecule has 6 nitrogen and oxygen atoms in total. The first-order valence-corrected chi connectivity index (χ1v) is 6.09. The molecule has 0 spiro atoms. The van der Waals surface area contributed by atoms with E-state index in [0.29, 0.717) is 5.39 Å². The van der Waals surface area contributed by atoms with Crippen LogP contribution in [0.15, 0.2) is 48.9 Å². The van der Waals surface area contributed by atoms with Crippen LogP contribution in [0.4, 0.5) is 11.4 Å². The summed E-state index contributed by atoms with van der Waals surface area (Å²) in [6.45, 7) is 1.86. The molecule has 1 N–H and O–H groups in total. The van der Waals surface area contributed by atoms with E-state index in [9.17, 15) is 10.1 Å². The van der Waals surface area contributed by atoms with Crippen molar-refractivity contribution in [2.75, 3.05) is 5.43 Å². The van der Waals surface area contributed by atoms with Crippen molar-refractivity contribution in [1.82, 2.24) is 9.66 Å². The molecule has 0 aliphatic rings. The highest BCUT2D eigenvalue weighted by molar-refractivity contribution is 5.99. The minimum absolute atomic E-state index is 0.0607. The number of nitro benzene ring substituents is 1. The summed E-state index contributed by atoms with van der Waals surface area (Å²) in [5.41, 5.74) is 4.86. The third-order valence-corrected chi connectivity index (χ3v) is 3.07. The average Bonchev–Trinajstić information content (AvgIpc) is 2.92. The van der Waals surface area contributed by atoms with Gasteiger partial charge in [-0.1, -0.05) is 0 Å². The van der Waals surface area contributed by atoms with Crippen molar-refractivity contribution in [2.24, 2.45) is 0 Å². The number of nitro groups is 1. The summed E-state index contributed by atoms with van der Waals surface area (Å²) >= 11 is 0. The zero-order valence-corrected chi connectivity index (χ0v) is 10.8. The first kappa shape index (κ1) is 12.2. The van der Waals surface area contributed by atoms with E-state index in [-0.39, 0.29) is 5.69 Å². The Morgan fingerprint density at radius 2 is 2.00 bits per heavy atom. The quantitative estimate of drug-likeness (QED) is 0.585. The Balaban J connectivity index is 2.20. The molecule has 1 aromatic carbocycles. The summed E-state index contributed by atoms with van der Waals surface area (Å²) in [4.78, 5) is 14.8. The van der Waals surface area contributed by atoms with Crippen molar-refractivity contribution in [3.63, 3.8) is 0 Å². The van der Waals surface area contributed by atoms with Gasteiger partial charge in [-0.3, -0.25) is 25.2 Å². The normalized spacial score (nSPS) is 10.7. The Bertz CT molecular complexity index is 781. The molecule has 6 heteroatoms. The Morgan fingerprint density at radius 3 is 2.70 bits per heavy atom. The highest BCUT2D eigenvalue weighted by Gasteiger charge is 2.15. The van der Waals surface area contributed by atoms with Crippen LogP contribution in [0.25, 0.3) is 10.8 Å². The molecule has 0 atom stereocenters. The number of aryl methyl sites for hydroxylation is 1. The number of non-ortho nitro benzene ring substituents is 1. The minimum Gasteiger partial charge on any atom is -0.294 e. The summed E-state index contributed by atoms with van der Waals surface area (Å²) in [5, 5.41) is 12.4. The van der Waals surface area contributed by atoms with Crippen LogP contribution in [0.3, 0.4) is 0 Å². The van der Waals surface area contributed by atoms with Crippen LogP contribution in [0, 0.1) is 17.0 Å². The van der Waals surface area contributed by atoms with Crippen molar-refractivity contribution in [2.45, 2.75) is 6.92 Å². The van der Waals surface area contributed by atoms with Crippen LogP contribution < -0.4 is 5.43 Å². The number of nitrogens with zero attached hydrogens (tertiary/aromatic N) is 3. The second kappa shape index (κ2) is 4.65. The van der Waals surface area contributed by atoms with E-state index < -0.39 is 4.92 Å². The number of hydrogen-bond donors (Lipinski definition) is 1. The monoisotopic (exact) mass is 268 g/mol. The molecule has 0 fully saturated rings. The lowest BCUT2D eigenvalue weighted by Crippen LogP contribution is -2.06. The van der Waals surface area contributed by atoms with Crippen LogP contribution in [-0.4, -0.2) is 14.6 Å². The lowest BCUT2D eigenvalue weighted by Gasteiger charge is -2.11. The molecule has 2 heterocycles. The fourth-order valence-electron chi connectivity index (χ4n) is 2.13. The topological polar surface area (TPSA) is 73.0 Å². The third kappa shape index (κ3) is 2.07. The number of hydrogen-bond acceptors (Lipinski definition) is 4. The van der Waals surface area contributed by atoms with E-state index in [0.717, 1.165) is 16.8 Å². The third-order valence-electron chi connectivity index (χ3n) is 3.07. The van der Waals surface area contributed by atoms with E-state index in [2.05, 4.69) is 10.4 Å². The van der Waals surface area contributed by atoms with Gasteiger partial charge in [0, 0.05) is 35.7 Å². The SMILES string of the molecule is Cc1cc2c(Nn3cccc3)ccc([N+](=O)[O-])c2cn1. The molecule has 0 aliphatic carbocycles. The van der Waals surface area contributed by atoms with Crippen LogP contribution >= 0.6 is 0 Å². The Hall–Kier alpha value is -2.89. The van der Waals surface area contributed by atoms with Gasteiger partial charge in [0.25, 0.3) is 5.69 Å². The first-order chi connectivity index (χ1) is 9.65. The van der Waals surface area contributed by atoms with E-state index >= 15 is 0 Å². The minimum atomic E-state index is -0.390. The van der Waals surface area contributed by atoms with Gasteiger partial charge in [0.1, 0.15) is 0 Å². The molecule has 0 radical (unpaired) electrons. The van der Waals surface area contributed by atoms with E-state index in [1.807, 2.05) is 37.5 Å². The van der Waals surface area contributed by atoms with E-state index in [1.54, 1.807) is 16.9 Å². The van der Waals surface area contributed by atoms with Crippen molar-refractivity contribution in [3.8, 4) is 0 Å². The van der Waals surface area contributed by atoms with Gasteiger partial charge in [-0.25, -0.2) is 0 Å².